The summed E-state index contributed by atoms with van der Waals surface area (Å²) in [7, 11) is 1.69. The predicted molar refractivity (Wildman–Crippen MR) is 146 cm³/mol. The molecule has 0 aliphatic carbocycles. The van der Waals surface area contributed by atoms with Crippen molar-refractivity contribution in [2.75, 3.05) is 46.4 Å². The van der Waals surface area contributed by atoms with Crippen LogP contribution in [0, 0.1) is 0 Å². The number of hydrogen-bond donors (Lipinski definition) is 0. The Labute approximate surface area is 215 Å². The highest BCUT2D eigenvalue weighted by atomic mass is 16.5. The smallest absolute Gasteiger partial charge is 0.236 e. The lowest BCUT2D eigenvalue weighted by Gasteiger charge is -2.38. The number of carbonyl (C=O) groups is 1. The number of nitrogens with zero attached hydrogens (tertiary/aromatic N) is 3. The Balaban J connectivity index is 1.20. The molecule has 0 unspecified atom stereocenters. The summed E-state index contributed by atoms with van der Waals surface area (Å²) >= 11 is 0. The van der Waals surface area contributed by atoms with Gasteiger partial charge in [-0.2, -0.15) is 0 Å². The summed E-state index contributed by atoms with van der Waals surface area (Å²) in [6.45, 7) is 10.4. The Hall–Kier alpha value is -3.15. The van der Waals surface area contributed by atoms with Crippen LogP contribution in [-0.2, 0) is 17.8 Å². The van der Waals surface area contributed by atoms with Gasteiger partial charge < -0.3 is 9.64 Å². The first-order valence-corrected chi connectivity index (χ1v) is 13.1. The van der Waals surface area contributed by atoms with Crippen molar-refractivity contribution in [3.05, 3.63) is 77.9 Å². The van der Waals surface area contributed by atoms with E-state index in [4.69, 9.17) is 4.74 Å². The summed E-state index contributed by atoms with van der Waals surface area (Å²) in [5.41, 5.74) is 7.61. The third kappa shape index (κ3) is 5.48. The zero-order chi connectivity index (χ0) is 25.1. The maximum absolute atomic E-state index is 12.9. The van der Waals surface area contributed by atoms with Crippen molar-refractivity contribution in [1.29, 1.82) is 0 Å². The molecule has 2 aliphatic rings. The molecule has 1 fully saturated rings. The molecule has 1 amide bonds. The van der Waals surface area contributed by atoms with Gasteiger partial charge >= 0.3 is 0 Å². The molecule has 2 aliphatic heterocycles. The molecule has 0 spiro atoms. The highest BCUT2D eigenvalue weighted by Gasteiger charge is 2.25. The van der Waals surface area contributed by atoms with Crippen LogP contribution < -0.4 is 4.74 Å². The van der Waals surface area contributed by atoms with Crippen LogP contribution in [-0.4, -0.2) is 73.0 Å². The fraction of sp³-hybridized carbons (Fsp3) is 0.387. The molecule has 3 aromatic rings. The lowest BCUT2D eigenvalue weighted by Crippen LogP contribution is -2.53. The highest BCUT2D eigenvalue weighted by Crippen LogP contribution is 2.29. The average molecular weight is 484 g/mol. The van der Waals surface area contributed by atoms with Gasteiger partial charge in [-0.3, -0.25) is 14.6 Å². The van der Waals surface area contributed by atoms with Crippen molar-refractivity contribution >= 4 is 5.91 Å². The maximum atomic E-state index is 12.9. The molecular formula is C31H37N3O2. The molecule has 1 saturated heterocycles. The van der Waals surface area contributed by atoms with Crippen LogP contribution in [0.25, 0.3) is 22.3 Å². The van der Waals surface area contributed by atoms with Gasteiger partial charge in [-0.05, 0) is 65.8 Å². The van der Waals surface area contributed by atoms with E-state index in [9.17, 15) is 4.79 Å². The average Bonchev–Trinajstić information content (AvgIpc) is 2.93. The summed E-state index contributed by atoms with van der Waals surface area (Å²) in [4.78, 5) is 19.7. The molecule has 5 heteroatoms. The van der Waals surface area contributed by atoms with Crippen LogP contribution in [0.5, 0.6) is 5.75 Å². The summed E-state index contributed by atoms with van der Waals surface area (Å²) in [6.07, 6.45) is 0.988. The molecule has 0 atom stereocenters. The molecule has 0 radical (unpaired) electrons. The van der Waals surface area contributed by atoms with Crippen molar-refractivity contribution in [1.82, 2.24) is 14.7 Å². The Kier molecular flexibility index (Phi) is 7.40. The van der Waals surface area contributed by atoms with Gasteiger partial charge in [0.1, 0.15) is 5.75 Å². The number of amides is 1. The quantitative estimate of drug-likeness (QED) is 0.498. The minimum Gasteiger partial charge on any atom is -0.497 e. The number of rotatable bonds is 6. The van der Waals surface area contributed by atoms with Crippen molar-refractivity contribution in [3.8, 4) is 28.0 Å². The maximum Gasteiger partial charge on any atom is 0.236 e. The van der Waals surface area contributed by atoms with Gasteiger partial charge in [0.05, 0.1) is 13.7 Å². The first-order valence-electron chi connectivity index (χ1n) is 13.1. The highest BCUT2D eigenvalue weighted by molar-refractivity contribution is 5.78. The lowest BCUT2D eigenvalue weighted by atomic mass is 9.93. The SMILES string of the molecule is COc1ccc(-c2ccc(-c3ccc4c(c3)CCN(CC(=O)N3CCN(C(C)C)CC3)C4)cc2)cc1. The van der Waals surface area contributed by atoms with E-state index in [1.54, 1.807) is 7.11 Å². The fourth-order valence-corrected chi connectivity index (χ4v) is 5.34. The van der Waals surface area contributed by atoms with Crippen LogP contribution >= 0.6 is 0 Å². The van der Waals surface area contributed by atoms with E-state index in [0.717, 1.165) is 51.4 Å². The Morgan fingerprint density at radius 1 is 0.778 bits per heavy atom. The van der Waals surface area contributed by atoms with Crippen molar-refractivity contribution in [2.45, 2.75) is 32.9 Å². The summed E-state index contributed by atoms with van der Waals surface area (Å²) in [6, 6.07) is 24.3. The molecule has 0 saturated carbocycles. The molecule has 188 valence electrons. The molecule has 5 rings (SSSR count). The summed E-state index contributed by atoms with van der Waals surface area (Å²) < 4.78 is 5.27. The summed E-state index contributed by atoms with van der Waals surface area (Å²) in [5, 5.41) is 0. The van der Waals surface area contributed by atoms with Crippen LogP contribution in [0.4, 0.5) is 0 Å². The Bertz CT molecular complexity index is 1180. The predicted octanol–water partition coefficient (Wildman–Crippen LogP) is 4.94. The number of methoxy groups -OCH3 is 1. The van der Waals surface area contributed by atoms with Crippen molar-refractivity contribution in [2.24, 2.45) is 0 Å². The van der Waals surface area contributed by atoms with Crippen LogP contribution in [0.3, 0.4) is 0 Å². The third-order valence-corrected chi connectivity index (χ3v) is 7.70. The van der Waals surface area contributed by atoms with E-state index < -0.39 is 0 Å². The van der Waals surface area contributed by atoms with E-state index in [1.807, 2.05) is 17.0 Å². The first-order chi connectivity index (χ1) is 17.5. The largest absolute Gasteiger partial charge is 0.497 e. The van der Waals surface area contributed by atoms with Crippen LogP contribution in [0.15, 0.2) is 66.7 Å². The standard InChI is InChI=1S/C31H37N3O2/c1-23(2)33-16-18-34(19-17-33)31(35)22-32-15-14-28-20-27(8-9-29(28)21-32)26-6-4-24(5-7-26)25-10-12-30(36-3)13-11-25/h4-13,20,23H,14-19,21-22H2,1-3H3. The second kappa shape index (κ2) is 10.9. The monoisotopic (exact) mass is 483 g/mol. The molecular weight excluding hydrogens is 446 g/mol. The molecule has 0 bridgehead atoms. The molecule has 0 aromatic heterocycles. The van der Waals surface area contributed by atoms with Gasteiger partial charge in [-0.1, -0.05) is 54.6 Å². The van der Waals surface area contributed by atoms with E-state index in [0.29, 0.717) is 12.6 Å². The Morgan fingerprint density at radius 2 is 1.36 bits per heavy atom. The van der Waals surface area contributed by atoms with Gasteiger partial charge in [-0.25, -0.2) is 0 Å². The second-order valence-electron chi connectivity index (χ2n) is 10.3. The second-order valence-corrected chi connectivity index (χ2v) is 10.3. The fourth-order valence-electron chi connectivity index (χ4n) is 5.34. The molecule has 3 aromatic carbocycles. The zero-order valence-corrected chi connectivity index (χ0v) is 21.7. The molecule has 5 nitrogen and oxygen atoms in total. The zero-order valence-electron chi connectivity index (χ0n) is 21.7. The third-order valence-electron chi connectivity index (χ3n) is 7.70. The van der Waals surface area contributed by atoms with Gasteiger partial charge in [0, 0.05) is 45.3 Å². The number of hydrogen-bond acceptors (Lipinski definition) is 4. The normalized spacial score (nSPS) is 16.7. The van der Waals surface area contributed by atoms with Gasteiger partial charge in [-0.15, -0.1) is 0 Å². The van der Waals surface area contributed by atoms with Crippen molar-refractivity contribution < 1.29 is 9.53 Å². The number of ether oxygens (including phenoxy) is 1. The minimum absolute atomic E-state index is 0.274. The first kappa shape index (κ1) is 24.5. The van der Waals surface area contributed by atoms with Gasteiger partial charge in [0.15, 0.2) is 0 Å². The van der Waals surface area contributed by atoms with Gasteiger partial charge in [0.25, 0.3) is 0 Å². The van der Waals surface area contributed by atoms with Crippen molar-refractivity contribution in [3.63, 3.8) is 0 Å². The van der Waals surface area contributed by atoms with E-state index in [-0.39, 0.29) is 5.91 Å². The topological polar surface area (TPSA) is 36.0 Å². The minimum atomic E-state index is 0.274. The molecule has 2 heterocycles. The number of benzene rings is 3. The number of piperazine rings is 1. The van der Waals surface area contributed by atoms with Crippen LogP contribution in [0.2, 0.25) is 0 Å². The molecule has 36 heavy (non-hydrogen) atoms. The Morgan fingerprint density at radius 3 is 1.97 bits per heavy atom. The van der Waals surface area contributed by atoms with E-state index in [2.05, 4.69) is 78.2 Å². The number of fused-ring (bicyclic) bond motifs is 1. The van der Waals surface area contributed by atoms with E-state index in [1.165, 1.54) is 33.4 Å². The summed E-state index contributed by atoms with van der Waals surface area (Å²) in [5.74, 6) is 1.15. The number of carbonyl (C=O) groups excluding carboxylic acids is 1. The lowest BCUT2D eigenvalue weighted by molar-refractivity contribution is -0.134. The van der Waals surface area contributed by atoms with Gasteiger partial charge in [0.2, 0.25) is 5.91 Å². The molecule has 0 N–H and O–H groups in total. The van der Waals surface area contributed by atoms with Crippen LogP contribution in [0.1, 0.15) is 25.0 Å². The van der Waals surface area contributed by atoms with E-state index >= 15 is 0 Å².